The van der Waals surface area contributed by atoms with Crippen molar-refractivity contribution < 1.29 is 9.90 Å². The number of carbonyl (C=O) groups is 1. The van der Waals surface area contributed by atoms with Crippen molar-refractivity contribution in [1.82, 2.24) is 0 Å². The number of hydrogen-bond donors (Lipinski definition) is 2. The van der Waals surface area contributed by atoms with Crippen molar-refractivity contribution in [2.45, 2.75) is 25.8 Å². The molecule has 0 aliphatic carbocycles. The van der Waals surface area contributed by atoms with E-state index in [1.54, 1.807) is 0 Å². The molecule has 0 amide bonds. The molecule has 0 unspecified atom stereocenters. The fourth-order valence-electron chi connectivity index (χ4n) is 3.20. The van der Waals surface area contributed by atoms with Gasteiger partial charge in [-0.3, -0.25) is 4.79 Å². The Balaban J connectivity index is 1.77. The Bertz CT molecular complexity index is 902. The van der Waals surface area contributed by atoms with Crippen LogP contribution in [0.5, 0.6) is 0 Å². The van der Waals surface area contributed by atoms with E-state index in [1.165, 1.54) is 16.7 Å². The third-order valence-corrected chi connectivity index (χ3v) is 4.57. The molecule has 0 aliphatic heterocycles. The number of benzene rings is 3. The third kappa shape index (κ3) is 4.58. The molecule has 26 heavy (non-hydrogen) atoms. The summed E-state index contributed by atoms with van der Waals surface area (Å²) < 4.78 is 0. The highest BCUT2D eigenvalue weighted by molar-refractivity contribution is 5.70. The fraction of sp³-hybridized carbons (Fsp3) is 0.174. The Kier molecular flexibility index (Phi) is 5.82. The highest BCUT2D eigenvalue weighted by atomic mass is 16.4. The Hall–Kier alpha value is -2.91. The second kappa shape index (κ2) is 8.45. The van der Waals surface area contributed by atoms with Gasteiger partial charge in [0.05, 0.1) is 6.42 Å². The van der Waals surface area contributed by atoms with Crippen molar-refractivity contribution in [1.29, 1.82) is 0 Å². The van der Waals surface area contributed by atoms with Gasteiger partial charge in [0.2, 0.25) is 0 Å². The van der Waals surface area contributed by atoms with Crippen LogP contribution in [0.3, 0.4) is 0 Å². The lowest BCUT2D eigenvalue weighted by atomic mass is 9.96. The zero-order valence-electron chi connectivity index (χ0n) is 14.7. The van der Waals surface area contributed by atoms with Crippen LogP contribution < -0.4 is 5.73 Å². The van der Waals surface area contributed by atoms with Crippen LogP contribution in [0.2, 0.25) is 0 Å². The molecular formula is C23H23NO2. The topological polar surface area (TPSA) is 63.3 Å². The fourth-order valence-corrected chi connectivity index (χ4v) is 3.20. The van der Waals surface area contributed by atoms with Gasteiger partial charge < -0.3 is 10.8 Å². The molecule has 3 N–H and O–H groups in total. The normalized spacial score (nSPS) is 10.7. The van der Waals surface area contributed by atoms with E-state index in [0.717, 1.165) is 29.5 Å². The molecule has 0 aliphatic rings. The largest absolute Gasteiger partial charge is 0.481 e. The van der Waals surface area contributed by atoms with Crippen LogP contribution in [0.15, 0.2) is 72.8 Å². The van der Waals surface area contributed by atoms with Crippen LogP contribution in [0.4, 0.5) is 0 Å². The van der Waals surface area contributed by atoms with Gasteiger partial charge in [-0.25, -0.2) is 0 Å². The maximum absolute atomic E-state index is 11.0. The zero-order chi connectivity index (χ0) is 18.4. The molecule has 0 bridgehead atoms. The minimum Gasteiger partial charge on any atom is -0.481 e. The van der Waals surface area contributed by atoms with E-state index in [1.807, 2.05) is 36.4 Å². The molecule has 0 saturated carbocycles. The third-order valence-electron chi connectivity index (χ3n) is 4.57. The molecular weight excluding hydrogens is 322 g/mol. The molecule has 3 heteroatoms. The van der Waals surface area contributed by atoms with Crippen LogP contribution in [-0.2, 0) is 30.6 Å². The van der Waals surface area contributed by atoms with Gasteiger partial charge in [-0.1, -0.05) is 66.7 Å². The summed E-state index contributed by atoms with van der Waals surface area (Å²) in [6.45, 7) is 0.536. The number of nitrogens with two attached hydrogens (primary N) is 1. The summed E-state index contributed by atoms with van der Waals surface area (Å²) in [4.78, 5) is 11.0. The quantitative estimate of drug-likeness (QED) is 0.674. The van der Waals surface area contributed by atoms with Crippen LogP contribution >= 0.6 is 0 Å². The molecule has 132 valence electrons. The van der Waals surface area contributed by atoms with Crippen LogP contribution in [0.25, 0.3) is 11.1 Å². The highest BCUT2D eigenvalue weighted by Gasteiger charge is 2.07. The smallest absolute Gasteiger partial charge is 0.307 e. The highest BCUT2D eigenvalue weighted by Crippen LogP contribution is 2.22. The van der Waals surface area contributed by atoms with Crippen molar-refractivity contribution >= 4 is 5.97 Å². The van der Waals surface area contributed by atoms with Gasteiger partial charge >= 0.3 is 5.97 Å². The number of rotatable bonds is 7. The average Bonchev–Trinajstić information content (AvgIpc) is 2.67. The summed E-state index contributed by atoms with van der Waals surface area (Å²) in [5.74, 6) is -0.792. The summed E-state index contributed by atoms with van der Waals surface area (Å²) in [6.07, 6.45) is 1.78. The first-order chi connectivity index (χ1) is 12.7. The summed E-state index contributed by atoms with van der Waals surface area (Å²) >= 11 is 0. The maximum atomic E-state index is 11.0. The van der Waals surface area contributed by atoms with E-state index < -0.39 is 5.97 Å². The Morgan fingerprint density at radius 3 is 2.04 bits per heavy atom. The maximum Gasteiger partial charge on any atom is 0.307 e. The minimum atomic E-state index is -0.792. The van der Waals surface area contributed by atoms with E-state index in [-0.39, 0.29) is 6.42 Å². The second-order valence-electron chi connectivity index (χ2n) is 6.44. The van der Waals surface area contributed by atoms with Gasteiger partial charge in [-0.15, -0.1) is 0 Å². The van der Waals surface area contributed by atoms with Gasteiger partial charge in [-0.2, -0.15) is 0 Å². The predicted molar refractivity (Wildman–Crippen MR) is 105 cm³/mol. The molecule has 3 nitrogen and oxygen atoms in total. The first-order valence-corrected chi connectivity index (χ1v) is 8.82. The molecule has 0 fully saturated rings. The lowest BCUT2D eigenvalue weighted by Crippen LogP contribution is -2.04. The molecule has 0 radical (unpaired) electrons. The number of carboxylic acid groups (broad SMARTS) is 1. The summed E-state index contributed by atoms with van der Waals surface area (Å²) in [7, 11) is 0. The summed E-state index contributed by atoms with van der Waals surface area (Å²) in [5, 5.41) is 9.07. The molecule has 0 spiro atoms. The lowest BCUT2D eigenvalue weighted by Gasteiger charge is -2.10. The zero-order valence-corrected chi connectivity index (χ0v) is 14.7. The first-order valence-electron chi connectivity index (χ1n) is 8.82. The number of carboxylic acids is 1. The van der Waals surface area contributed by atoms with E-state index in [9.17, 15) is 4.79 Å². The minimum absolute atomic E-state index is 0.0715. The Labute approximate surface area is 154 Å². The molecule has 3 rings (SSSR count). The lowest BCUT2D eigenvalue weighted by molar-refractivity contribution is -0.136. The van der Waals surface area contributed by atoms with E-state index in [4.69, 9.17) is 10.8 Å². The number of aryl methyl sites for hydroxylation is 2. The van der Waals surface area contributed by atoms with E-state index >= 15 is 0 Å². The monoisotopic (exact) mass is 345 g/mol. The first kappa shape index (κ1) is 17.9. The number of hydrogen-bond acceptors (Lipinski definition) is 2. The van der Waals surface area contributed by atoms with Crippen LogP contribution in [0, 0.1) is 0 Å². The molecule has 0 aromatic heterocycles. The van der Waals surface area contributed by atoms with Crippen LogP contribution in [-0.4, -0.2) is 11.1 Å². The summed E-state index contributed by atoms with van der Waals surface area (Å²) in [6, 6.07) is 24.6. The van der Waals surface area contributed by atoms with Crippen LogP contribution in [0.1, 0.15) is 22.3 Å². The van der Waals surface area contributed by atoms with Gasteiger partial charge in [-0.05, 0) is 52.3 Å². The second-order valence-corrected chi connectivity index (χ2v) is 6.44. The van der Waals surface area contributed by atoms with Crippen molar-refractivity contribution in [2.75, 3.05) is 0 Å². The van der Waals surface area contributed by atoms with Crippen molar-refractivity contribution in [2.24, 2.45) is 5.73 Å². The van der Waals surface area contributed by atoms with E-state index in [0.29, 0.717) is 6.54 Å². The van der Waals surface area contributed by atoms with Gasteiger partial charge in [0, 0.05) is 6.54 Å². The molecule has 0 atom stereocenters. The van der Waals surface area contributed by atoms with Crippen molar-refractivity contribution in [3.05, 3.63) is 95.1 Å². The molecule has 3 aromatic rings. The average molecular weight is 345 g/mol. The van der Waals surface area contributed by atoms with Crippen molar-refractivity contribution in [3.8, 4) is 11.1 Å². The molecule has 0 saturated heterocycles. The van der Waals surface area contributed by atoms with Crippen molar-refractivity contribution in [3.63, 3.8) is 0 Å². The SMILES string of the molecule is NCc1cccc(-c2cccc(CCc3ccccc3CC(=O)O)c2)c1. The van der Waals surface area contributed by atoms with Gasteiger partial charge in [0.1, 0.15) is 0 Å². The molecule has 3 aromatic carbocycles. The Morgan fingerprint density at radius 2 is 1.38 bits per heavy atom. The van der Waals surface area contributed by atoms with E-state index in [2.05, 4.69) is 36.4 Å². The van der Waals surface area contributed by atoms with Gasteiger partial charge in [0.15, 0.2) is 0 Å². The molecule has 0 heterocycles. The van der Waals surface area contributed by atoms with Gasteiger partial charge in [0.25, 0.3) is 0 Å². The standard InChI is InChI=1S/C23H23NO2/c24-16-18-6-4-10-21(14-18)20-9-3-5-17(13-20)11-12-19-7-1-2-8-22(19)15-23(25)26/h1-10,13-14H,11-12,15-16,24H2,(H,25,26). The Morgan fingerprint density at radius 1 is 0.769 bits per heavy atom. The number of aliphatic carboxylic acids is 1. The predicted octanol–water partition coefficient (Wildman–Crippen LogP) is 4.22. The summed E-state index contributed by atoms with van der Waals surface area (Å²) in [5.41, 5.74) is 12.5.